The Balaban J connectivity index is 1.50. The number of oxime groups is 1. The van der Waals surface area contributed by atoms with Crippen LogP contribution in [-0.2, 0) is 33.7 Å². The number of aliphatic hydroxyl groups is 1. The molecule has 1 saturated heterocycles. The SMILES string of the molecule is CCOC(=O)/C(=N/O)c1cnc(Cc2nc(OCCc3ccc(CO)c(OC)c3)nc(N3CCOCC3)n2)s1. The molecule has 0 amide bonds. The van der Waals surface area contributed by atoms with Gasteiger partial charge in [0.2, 0.25) is 11.7 Å². The fraction of sp³-hybridized carbons (Fsp3) is 0.440. The Morgan fingerprint density at radius 3 is 2.77 bits per heavy atom. The molecule has 0 bridgehead atoms. The highest BCUT2D eigenvalue weighted by Gasteiger charge is 2.21. The minimum atomic E-state index is -0.732. The van der Waals surface area contributed by atoms with Crippen LogP contribution in [0.2, 0.25) is 0 Å². The number of thiazole rings is 1. The number of aliphatic hydroxyl groups excluding tert-OH is 1. The highest BCUT2D eigenvalue weighted by Crippen LogP contribution is 2.22. The van der Waals surface area contributed by atoms with Crippen LogP contribution in [0.15, 0.2) is 29.6 Å². The van der Waals surface area contributed by atoms with Crippen molar-refractivity contribution in [3.8, 4) is 11.8 Å². The third-order valence-electron chi connectivity index (χ3n) is 5.75. The lowest BCUT2D eigenvalue weighted by molar-refractivity contribution is -0.135. The van der Waals surface area contributed by atoms with Gasteiger partial charge in [-0.3, -0.25) is 0 Å². The highest BCUT2D eigenvalue weighted by atomic mass is 32.1. The van der Waals surface area contributed by atoms with Gasteiger partial charge in [0.25, 0.3) is 0 Å². The molecule has 39 heavy (non-hydrogen) atoms. The molecule has 0 aliphatic carbocycles. The number of anilines is 1. The summed E-state index contributed by atoms with van der Waals surface area (Å²) < 4.78 is 21.7. The van der Waals surface area contributed by atoms with E-state index < -0.39 is 5.97 Å². The molecule has 0 radical (unpaired) electrons. The van der Waals surface area contributed by atoms with Gasteiger partial charge in [-0.1, -0.05) is 17.3 Å². The minimum absolute atomic E-state index is 0.102. The van der Waals surface area contributed by atoms with E-state index in [2.05, 4.69) is 25.1 Å². The van der Waals surface area contributed by atoms with E-state index in [1.54, 1.807) is 14.0 Å². The predicted octanol–water partition coefficient (Wildman–Crippen LogP) is 1.62. The topological polar surface area (TPSA) is 162 Å². The standard InChI is InChI=1S/C25H30N6O7S/c1-3-37-23(33)22(30-34)19-14-26-21(39-19)13-20-27-24(31-7-10-36-11-8-31)29-25(28-20)38-9-6-16-4-5-17(15-32)18(12-16)35-2/h4-5,12,14,32,34H,3,6-11,13,15H2,1-2H3/b30-22+. The zero-order valence-electron chi connectivity index (χ0n) is 21.7. The molecule has 13 nitrogen and oxygen atoms in total. The first-order valence-electron chi connectivity index (χ1n) is 12.4. The van der Waals surface area contributed by atoms with Crippen LogP contribution >= 0.6 is 11.3 Å². The summed E-state index contributed by atoms with van der Waals surface area (Å²) in [6, 6.07) is 5.78. The summed E-state index contributed by atoms with van der Waals surface area (Å²) in [6.07, 6.45) is 2.27. The highest BCUT2D eigenvalue weighted by molar-refractivity contribution is 7.14. The summed E-state index contributed by atoms with van der Waals surface area (Å²) in [4.78, 5) is 32.4. The predicted molar refractivity (Wildman–Crippen MR) is 141 cm³/mol. The van der Waals surface area contributed by atoms with Crippen molar-refractivity contribution in [2.45, 2.75) is 26.4 Å². The average Bonchev–Trinajstić information content (AvgIpc) is 3.41. The van der Waals surface area contributed by atoms with Crippen LogP contribution < -0.4 is 14.4 Å². The van der Waals surface area contributed by atoms with E-state index in [0.717, 1.165) is 5.56 Å². The van der Waals surface area contributed by atoms with E-state index in [1.807, 2.05) is 23.1 Å². The number of carbonyl (C=O) groups excluding carboxylic acids is 1. The largest absolute Gasteiger partial charge is 0.496 e. The molecule has 3 aromatic rings. The van der Waals surface area contributed by atoms with Crippen LogP contribution in [0.4, 0.5) is 5.95 Å². The number of hydrogen-bond donors (Lipinski definition) is 2. The summed E-state index contributed by atoms with van der Waals surface area (Å²) in [6.45, 7) is 4.44. The smallest absolute Gasteiger partial charge is 0.361 e. The van der Waals surface area contributed by atoms with Gasteiger partial charge >= 0.3 is 12.0 Å². The number of esters is 1. The van der Waals surface area contributed by atoms with Crippen molar-refractivity contribution in [1.82, 2.24) is 19.9 Å². The molecule has 1 fully saturated rings. The maximum Gasteiger partial charge on any atom is 0.361 e. The molecule has 1 aromatic carbocycles. The maximum atomic E-state index is 12.1. The van der Waals surface area contributed by atoms with Crippen LogP contribution in [0.1, 0.15) is 33.8 Å². The van der Waals surface area contributed by atoms with Crippen molar-refractivity contribution in [3.05, 3.63) is 51.2 Å². The van der Waals surface area contributed by atoms with Gasteiger partial charge in [0.15, 0.2) is 0 Å². The van der Waals surface area contributed by atoms with Crippen LogP contribution in [0.25, 0.3) is 0 Å². The fourth-order valence-corrected chi connectivity index (χ4v) is 4.68. The fourth-order valence-electron chi connectivity index (χ4n) is 3.80. The van der Waals surface area contributed by atoms with Crippen molar-refractivity contribution < 1.29 is 34.1 Å². The molecule has 0 atom stereocenters. The second-order valence-corrected chi connectivity index (χ2v) is 9.42. The van der Waals surface area contributed by atoms with Crippen molar-refractivity contribution in [2.24, 2.45) is 5.16 Å². The number of methoxy groups -OCH3 is 1. The molecule has 2 N–H and O–H groups in total. The van der Waals surface area contributed by atoms with Crippen molar-refractivity contribution in [2.75, 3.05) is 51.5 Å². The maximum absolute atomic E-state index is 12.1. The van der Waals surface area contributed by atoms with Gasteiger partial charge in [0, 0.05) is 31.3 Å². The molecule has 1 aliphatic rings. The van der Waals surface area contributed by atoms with Gasteiger partial charge in [-0.25, -0.2) is 9.78 Å². The molecule has 0 unspecified atom stereocenters. The number of rotatable bonds is 12. The lowest BCUT2D eigenvalue weighted by Gasteiger charge is -2.27. The molecule has 3 heterocycles. The van der Waals surface area contributed by atoms with E-state index in [9.17, 15) is 15.1 Å². The van der Waals surface area contributed by atoms with Crippen molar-refractivity contribution in [3.63, 3.8) is 0 Å². The quantitative estimate of drug-likeness (QED) is 0.143. The number of nitrogens with zero attached hydrogens (tertiary/aromatic N) is 6. The van der Waals surface area contributed by atoms with Gasteiger partial charge in [0.1, 0.15) is 16.6 Å². The van der Waals surface area contributed by atoms with Gasteiger partial charge in [-0.15, -0.1) is 11.3 Å². The van der Waals surface area contributed by atoms with Crippen molar-refractivity contribution >= 4 is 29.0 Å². The van der Waals surface area contributed by atoms with E-state index in [4.69, 9.17) is 18.9 Å². The second kappa shape index (κ2) is 13.8. The number of hydrogen-bond acceptors (Lipinski definition) is 14. The van der Waals surface area contributed by atoms with Crippen molar-refractivity contribution in [1.29, 1.82) is 0 Å². The minimum Gasteiger partial charge on any atom is -0.496 e. The molecule has 2 aromatic heterocycles. The van der Waals surface area contributed by atoms with Gasteiger partial charge in [0.05, 0.1) is 51.4 Å². The monoisotopic (exact) mass is 558 g/mol. The van der Waals surface area contributed by atoms with Gasteiger partial charge in [-0.05, 0) is 18.6 Å². The first-order valence-corrected chi connectivity index (χ1v) is 13.2. The van der Waals surface area contributed by atoms with Crippen LogP contribution in [0.5, 0.6) is 11.8 Å². The first-order chi connectivity index (χ1) is 19.0. The number of morpholine rings is 1. The Hall–Kier alpha value is -3.88. The summed E-state index contributed by atoms with van der Waals surface area (Å²) in [7, 11) is 1.56. The van der Waals surface area contributed by atoms with E-state index in [0.29, 0.717) is 72.3 Å². The molecule has 208 valence electrons. The van der Waals surface area contributed by atoms with Crippen LogP contribution in [0, 0.1) is 0 Å². The van der Waals surface area contributed by atoms with Gasteiger partial charge < -0.3 is 34.2 Å². The van der Waals surface area contributed by atoms with Gasteiger partial charge in [-0.2, -0.15) is 15.0 Å². The third kappa shape index (κ3) is 7.37. The Labute approximate surface area is 229 Å². The number of benzene rings is 1. The first kappa shape index (κ1) is 28.1. The average molecular weight is 559 g/mol. The summed E-state index contributed by atoms with van der Waals surface area (Å²) in [5.41, 5.74) is 1.48. The molecule has 0 saturated carbocycles. The number of carbonyl (C=O) groups is 1. The zero-order chi connectivity index (χ0) is 27.6. The zero-order valence-corrected chi connectivity index (χ0v) is 22.5. The summed E-state index contributed by atoms with van der Waals surface area (Å²) in [5, 5.41) is 22.4. The third-order valence-corrected chi connectivity index (χ3v) is 6.76. The molecule has 4 rings (SSSR count). The summed E-state index contributed by atoms with van der Waals surface area (Å²) >= 11 is 1.18. The molecular weight excluding hydrogens is 528 g/mol. The van der Waals surface area contributed by atoms with E-state index >= 15 is 0 Å². The summed E-state index contributed by atoms with van der Waals surface area (Å²) in [5.74, 6) is 0.805. The van der Waals surface area contributed by atoms with E-state index in [1.165, 1.54) is 17.5 Å². The Morgan fingerprint density at radius 2 is 2.05 bits per heavy atom. The Bertz CT molecular complexity index is 1300. The lowest BCUT2D eigenvalue weighted by atomic mass is 10.1. The Kier molecular flexibility index (Phi) is 9.94. The molecule has 0 spiro atoms. The van der Waals surface area contributed by atoms with Crippen LogP contribution in [-0.4, -0.2) is 88.6 Å². The molecule has 1 aliphatic heterocycles. The van der Waals surface area contributed by atoms with Crippen LogP contribution in [0.3, 0.4) is 0 Å². The van der Waals surface area contributed by atoms with E-state index in [-0.39, 0.29) is 31.4 Å². The second-order valence-electron chi connectivity index (χ2n) is 8.30. The Morgan fingerprint density at radius 1 is 1.23 bits per heavy atom. The lowest BCUT2D eigenvalue weighted by Crippen LogP contribution is -2.37. The molecule has 14 heteroatoms. The number of ether oxygens (including phenoxy) is 4. The number of aromatic nitrogens is 4. The molecular formula is C25H30N6O7S. The normalized spacial score (nSPS) is 13.8.